The number of fused-ring (bicyclic) bond motifs is 1. The molecular weight excluding hydrogens is 437 g/mol. The van der Waals surface area contributed by atoms with Gasteiger partial charge in [0.1, 0.15) is 6.54 Å². The molecule has 3 aromatic carbocycles. The maximum Gasteiger partial charge on any atom is 0.325 e. The second kappa shape index (κ2) is 10.6. The number of carbonyl (C=O) groups excluding carboxylic acids is 2. The second-order valence-electron chi connectivity index (χ2n) is 7.17. The Bertz CT molecular complexity index is 1080. The third-order valence-electron chi connectivity index (χ3n) is 5.19. The average molecular weight is 460 g/mol. The van der Waals surface area contributed by atoms with E-state index in [1.54, 1.807) is 18.2 Å². The number of benzene rings is 3. The van der Waals surface area contributed by atoms with E-state index in [0.29, 0.717) is 22.0 Å². The lowest BCUT2D eigenvalue weighted by Crippen LogP contribution is -2.39. The number of rotatable bonds is 8. The highest BCUT2D eigenvalue weighted by molar-refractivity contribution is 6.42. The molecule has 1 amide bonds. The third-order valence-corrected chi connectivity index (χ3v) is 5.93. The fourth-order valence-electron chi connectivity index (χ4n) is 3.57. The molecule has 7 heteroatoms. The van der Waals surface area contributed by atoms with E-state index in [1.807, 2.05) is 42.5 Å². The van der Waals surface area contributed by atoms with Crippen LogP contribution in [-0.2, 0) is 9.53 Å². The number of amides is 1. The van der Waals surface area contributed by atoms with E-state index in [2.05, 4.69) is 0 Å². The predicted octanol–water partition coefficient (Wildman–Crippen LogP) is 4.93. The molecular formula is C24H23Cl2NO4. The number of carbonyl (C=O) groups is 2. The largest absolute Gasteiger partial charge is 0.468 e. The van der Waals surface area contributed by atoms with E-state index in [1.165, 1.54) is 12.0 Å². The van der Waals surface area contributed by atoms with Gasteiger partial charge in [-0.1, -0.05) is 65.7 Å². The van der Waals surface area contributed by atoms with E-state index in [0.717, 1.165) is 16.3 Å². The molecule has 0 saturated heterocycles. The highest BCUT2D eigenvalue weighted by Crippen LogP contribution is 2.29. The number of hydrogen-bond acceptors (Lipinski definition) is 4. The molecule has 0 aliphatic heterocycles. The number of aliphatic hydroxyl groups is 1. The minimum atomic E-state index is -0.523. The van der Waals surface area contributed by atoms with Crippen molar-refractivity contribution in [3.8, 4) is 0 Å². The van der Waals surface area contributed by atoms with Crippen LogP contribution in [0.4, 0.5) is 0 Å². The summed E-state index contributed by atoms with van der Waals surface area (Å²) in [5.41, 5.74) is 1.32. The van der Waals surface area contributed by atoms with Gasteiger partial charge in [-0.25, -0.2) is 0 Å². The van der Waals surface area contributed by atoms with Crippen LogP contribution in [0, 0.1) is 0 Å². The summed E-state index contributed by atoms with van der Waals surface area (Å²) in [5, 5.41) is 12.2. The second-order valence-corrected chi connectivity index (χ2v) is 7.99. The van der Waals surface area contributed by atoms with Crippen LogP contribution in [0.5, 0.6) is 0 Å². The smallest absolute Gasteiger partial charge is 0.325 e. The minimum absolute atomic E-state index is 0.0839. The molecule has 0 bridgehead atoms. The summed E-state index contributed by atoms with van der Waals surface area (Å²) < 4.78 is 4.82. The number of nitrogens with zero attached hydrogens (tertiary/aromatic N) is 1. The van der Waals surface area contributed by atoms with Crippen molar-refractivity contribution >= 4 is 45.9 Å². The van der Waals surface area contributed by atoms with Gasteiger partial charge in [0, 0.05) is 24.6 Å². The quantitative estimate of drug-likeness (QED) is 0.485. The number of ether oxygens (including phenoxy) is 1. The monoisotopic (exact) mass is 459 g/mol. The van der Waals surface area contributed by atoms with Crippen molar-refractivity contribution in [3.63, 3.8) is 0 Å². The Labute approximate surface area is 191 Å². The fourth-order valence-corrected chi connectivity index (χ4v) is 3.88. The van der Waals surface area contributed by atoms with Gasteiger partial charge in [0.25, 0.3) is 5.91 Å². The molecule has 3 aromatic rings. The van der Waals surface area contributed by atoms with Crippen LogP contribution in [0.15, 0.2) is 60.7 Å². The minimum Gasteiger partial charge on any atom is -0.468 e. The average Bonchev–Trinajstić information content (AvgIpc) is 2.79. The molecule has 31 heavy (non-hydrogen) atoms. The Morgan fingerprint density at radius 2 is 1.77 bits per heavy atom. The molecule has 1 atom stereocenters. The SMILES string of the molecule is COC(=O)CN(CC(CCO)c1ccc(Cl)c(Cl)c1)C(=O)c1cccc2ccccc12. The number of hydrogen-bond donors (Lipinski definition) is 1. The van der Waals surface area contributed by atoms with Crippen LogP contribution in [0.1, 0.15) is 28.3 Å². The number of aliphatic hydroxyl groups excluding tert-OH is 1. The zero-order chi connectivity index (χ0) is 22.4. The van der Waals surface area contributed by atoms with Crippen molar-refractivity contribution in [2.24, 2.45) is 0 Å². The summed E-state index contributed by atoms with van der Waals surface area (Å²) in [6, 6.07) is 18.3. The van der Waals surface area contributed by atoms with E-state index in [4.69, 9.17) is 27.9 Å². The van der Waals surface area contributed by atoms with Crippen LogP contribution in [-0.4, -0.2) is 48.7 Å². The maximum absolute atomic E-state index is 13.5. The van der Waals surface area contributed by atoms with Gasteiger partial charge in [-0.3, -0.25) is 9.59 Å². The summed E-state index contributed by atoms with van der Waals surface area (Å²) in [4.78, 5) is 27.1. The molecule has 1 unspecified atom stereocenters. The van der Waals surface area contributed by atoms with Gasteiger partial charge in [0.15, 0.2) is 0 Å². The highest BCUT2D eigenvalue weighted by Gasteiger charge is 2.25. The van der Waals surface area contributed by atoms with Crippen molar-refractivity contribution in [2.45, 2.75) is 12.3 Å². The zero-order valence-corrected chi connectivity index (χ0v) is 18.6. The molecule has 0 aliphatic rings. The Balaban J connectivity index is 1.97. The molecule has 0 saturated carbocycles. The van der Waals surface area contributed by atoms with Gasteiger partial charge in [-0.2, -0.15) is 0 Å². The first-order valence-corrected chi connectivity index (χ1v) is 10.6. The van der Waals surface area contributed by atoms with Crippen molar-refractivity contribution in [3.05, 3.63) is 81.8 Å². The fraction of sp³-hybridized carbons (Fsp3) is 0.250. The molecule has 1 N–H and O–H groups in total. The Morgan fingerprint density at radius 1 is 1.03 bits per heavy atom. The van der Waals surface area contributed by atoms with Gasteiger partial charge in [-0.15, -0.1) is 0 Å². The molecule has 0 aromatic heterocycles. The summed E-state index contributed by atoms with van der Waals surface area (Å²) in [6.07, 6.45) is 0.387. The molecule has 5 nitrogen and oxygen atoms in total. The summed E-state index contributed by atoms with van der Waals surface area (Å²) >= 11 is 12.2. The molecule has 0 spiro atoms. The molecule has 162 valence electrons. The third kappa shape index (κ3) is 5.56. The van der Waals surface area contributed by atoms with Gasteiger partial charge < -0.3 is 14.7 Å². The van der Waals surface area contributed by atoms with Gasteiger partial charge in [-0.05, 0) is 41.0 Å². The first-order chi connectivity index (χ1) is 14.9. The molecule has 0 radical (unpaired) electrons. The van der Waals surface area contributed by atoms with Gasteiger partial charge in [0.2, 0.25) is 0 Å². The number of halogens is 2. The normalized spacial score (nSPS) is 11.9. The molecule has 0 heterocycles. The topological polar surface area (TPSA) is 66.8 Å². The van der Waals surface area contributed by atoms with Crippen LogP contribution in [0.25, 0.3) is 10.8 Å². The molecule has 0 fully saturated rings. The van der Waals surface area contributed by atoms with Crippen LogP contribution >= 0.6 is 23.2 Å². The van der Waals surface area contributed by atoms with Gasteiger partial charge >= 0.3 is 5.97 Å². The first kappa shape index (κ1) is 23.1. The van der Waals surface area contributed by atoms with Crippen LogP contribution in [0.3, 0.4) is 0 Å². The standard InChI is InChI=1S/C24H23Cl2NO4/c1-31-23(29)15-27(14-18(11-12-28)17-9-10-21(25)22(26)13-17)24(30)20-8-4-6-16-5-2-3-7-19(16)20/h2-10,13,18,28H,11-12,14-15H2,1H3. The van der Waals surface area contributed by atoms with Crippen molar-refractivity contribution in [1.29, 1.82) is 0 Å². The predicted molar refractivity (Wildman–Crippen MR) is 123 cm³/mol. The first-order valence-electron chi connectivity index (χ1n) is 9.84. The van der Waals surface area contributed by atoms with Crippen LogP contribution < -0.4 is 0 Å². The van der Waals surface area contributed by atoms with Gasteiger partial charge in [0.05, 0.1) is 17.2 Å². The molecule has 3 rings (SSSR count). The zero-order valence-electron chi connectivity index (χ0n) is 17.1. The van der Waals surface area contributed by atoms with E-state index in [9.17, 15) is 14.7 Å². The maximum atomic E-state index is 13.5. The van der Waals surface area contributed by atoms with Crippen LogP contribution in [0.2, 0.25) is 10.0 Å². The van der Waals surface area contributed by atoms with Crippen molar-refractivity contribution in [2.75, 3.05) is 26.8 Å². The highest BCUT2D eigenvalue weighted by atomic mass is 35.5. The number of methoxy groups -OCH3 is 1. The van der Waals surface area contributed by atoms with E-state index >= 15 is 0 Å². The van der Waals surface area contributed by atoms with E-state index < -0.39 is 5.97 Å². The van der Waals surface area contributed by atoms with Crippen molar-refractivity contribution in [1.82, 2.24) is 4.90 Å². The number of esters is 1. The summed E-state index contributed by atoms with van der Waals surface area (Å²) in [6.45, 7) is -0.0864. The van der Waals surface area contributed by atoms with E-state index in [-0.39, 0.29) is 31.5 Å². The van der Waals surface area contributed by atoms with Crippen molar-refractivity contribution < 1.29 is 19.4 Å². The lowest BCUT2D eigenvalue weighted by Gasteiger charge is -2.27. The summed E-state index contributed by atoms with van der Waals surface area (Å²) in [7, 11) is 1.28. The Kier molecular flexibility index (Phi) is 7.91. The lowest BCUT2D eigenvalue weighted by atomic mass is 9.94. The Hall–Kier alpha value is -2.60. The lowest BCUT2D eigenvalue weighted by molar-refractivity contribution is -0.141. The summed E-state index contributed by atoms with van der Waals surface area (Å²) in [5.74, 6) is -1.06. The Morgan fingerprint density at radius 3 is 2.48 bits per heavy atom. The molecule has 0 aliphatic carbocycles.